The summed E-state index contributed by atoms with van der Waals surface area (Å²) < 4.78 is 119. The molecule has 0 bridgehead atoms. The number of hydrogen-bond acceptors (Lipinski definition) is 25. The van der Waals surface area contributed by atoms with Crippen LogP contribution in [0.2, 0.25) is 0 Å². The van der Waals surface area contributed by atoms with Crippen molar-refractivity contribution in [3.8, 4) is 62.9 Å². The summed E-state index contributed by atoms with van der Waals surface area (Å²) in [6.07, 6.45) is 8.88. The molecule has 0 saturated carbocycles. The largest absolute Gasteiger partial charge is 0.493 e. The highest BCUT2D eigenvalue weighted by Gasteiger charge is 2.48. The molecular formula is C92H117N21O16S3. The maximum atomic E-state index is 13.4. The molecule has 5 N–H and O–H groups in total. The summed E-state index contributed by atoms with van der Waals surface area (Å²) in [5, 5.41) is 14.7. The number of para-hydroxylation sites is 1. The van der Waals surface area contributed by atoms with Gasteiger partial charge in [-0.15, -0.1) is 5.10 Å². The zero-order valence-electron chi connectivity index (χ0n) is 77.0. The van der Waals surface area contributed by atoms with Crippen LogP contribution in [0.5, 0.6) is 28.7 Å². The van der Waals surface area contributed by atoms with Crippen LogP contribution in [0.4, 0.5) is 0 Å². The van der Waals surface area contributed by atoms with Crippen molar-refractivity contribution in [1.82, 2.24) is 102 Å². The molecule has 4 saturated heterocycles. The number of nitrogens with one attached hydrogen (secondary N) is 5. The zero-order valence-corrected chi connectivity index (χ0v) is 79.4. The number of aryl methyl sites for hydroxylation is 6. The molecular weight excluding hydrogens is 1750 g/mol. The van der Waals surface area contributed by atoms with E-state index in [0.717, 1.165) is 97.1 Å². The summed E-state index contributed by atoms with van der Waals surface area (Å²) in [6.45, 7) is 23.9. The number of imidazole rings is 1. The number of hydrogen-bond donors (Lipinski definition) is 5. The monoisotopic (exact) mass is 1870 g/mol. The molecule has 0 spiro atoms. The SMILES string of the molecule is CCCOc1ccc(S(=O)(=O)NCCC2CCCN2C)cc1-c1nc2c(CCC)nn(C)c2c(=O)[nH]1.CCCc1nc(C)c2c(=O)[nH]c(-c3cc(S(=O)(=O)N4CCN(CC)CC4)ccc3OCC)nn12.CCCc1nn(C)c2c(=O)[nH]c(-c3cc(S(=O)(=O)N4CCN(C)CC4)ccc3OCC)nc12.CN1CC(=O)N2[C@H](c3ccc4c(c3)OCO4)c3[nH]c4ccccc4c3C[C@@H]2C1=O. The Hall–Kier alpha value is -11.8. The quantitative estimate of drug-likeness (QED) is 0.0321. The van der Waals surface area contributed by atoms with E-state index in [1.165, 1.54) is 35.0 Å². The second-order valence-electron chi connectivity index (χ2n) is 33.8. The minimum atomic E-state index is -3.76. The van der Waals surface area contributed by atoms with Crippen molar-refractivity contribution >= 4 is 80.4 Å². The Labute approximate surface area is 766 Å². The van der Waals surface area contributed by atoms with Gasteiger partial charge in [-0.1, -0.05) is 71.7 Å². The van der Waals surface area contributed by atoms with E-state index in [9.17, 15) is 49.2 Å². The fourth-order valence-corrected chi connectivity index (χ4v) is 22.0. The van der Waals surface area contributed by atoms with Crippen LogP contribution >= 0.6 is 0 Å². The summed E-state index contributed by atoms with van der Waals surface area (Å²) in [7, 11) is -1.99. The maximum Gasteiger partial charge on any atom is 0.277 e. The second kappa shape index (κ2) is 40.4. The lowest BCUT2D eigenvalue weighted by Crippen LogP contribution is -2.62. The van der Waals surface area contributed by atoms with E-state index in [1.807, 2.05) is 85.0 Å². The number of amides is 2. The molecule has 18 rings (SSSR count). The van der Waals surface area contributed by atoms with Gasteiger partial charge in [-0.2, -0.15) is 18.8 Å². The third-order valence-corrected chi connectivity index (χ3v) is 30.1. The molecule has 40 heteroatoms. The molecule has 6 aliphatic rings. The molecule has 0 aliphatic carbocycles. The Morgan fingerprint density at radius 3 is 1.66 bits per heavy atom. The molecule has 2 amide bonds. The van der Waals surface area contributed by atoms with Crippen LogP contribution in [0.3, 0.4) is 0 Å². The lowest BCUT2D eigenvalue weighted by atomic mass is 9.86. The predicted octanol–water partition coefficient (Wildman–Crippen LogP) is 8.72. The van der Waals surface area contributed by atoms with Gasteiger partial charge in [0.2, 0.25) is 48.7 Å². The summed E-state index contributed by atoms with van der Waals surface area (Å²) in [4.78, 5) is 101. The van der Waals surface area contributed by atoms with E-state index in [4.69, 9.17) is 33.7 Å². The number of piperazine rings is 3. The van der Waals surface area contributed by atoms with Crippen LogP contribution in [-0.4, -0.2) is 273 Å². The summed E-state index contributed by atoms with van der Waals surface area (Å²) in [5.74, 6) is 4.11. The number of sulfonamides is 3. The third kappa shape index (κ3) is 19.4. The molecule has 12 aromatic rings. The lowest BCUT2D eigenvalue weighted by Gasteiger charge is -2.46. The first-order valence-electron chi connectivity index (χ1n) is 45.3. The number of likely N-dealkylation sites (tertiary alicyclic amines) is 1. The number of fused-ring (bicyclic) bond motifs is 8. The molecule has 13 heterocycles. The first-order chi connectivity index (χ1) is 63.4. The average Bonchev–Trinajstić information content (AvgIpc) is 1.55. The molecule has 6 aliphatic heterocycles. The zero-order chi connectivity index (χ0) is 93.8. The first-order valence-corrected chi connectivity index (χ1v) is 49.7. The Bertz CT molecular complexity index is 6850. The number of carbonyl (C=O) groups is 2. The smallest absolute Gasteiger partial charge is 0.277 e. The van der Waals surface area contributed by atoms with Crippen molar-refractivity contribution in [1.29, 1.82) is 0 Å². The third-order valence-electron chi connectivity index (χ3n) is 24.8. The van der Waals surface area contributed by atoms with Crippen LogP contribution in [0.1, 0.15) is 139 Å². The van der Waals surface area contributed by atoms with Gasteiger partial charge in [-0.3, -0.25) is 33.3 Å². The van der Waals surface area contributed by atoms with E-state index >= 15 is 0 Å². The number of benzene rings is 5. The Balaban J connectivity index is 0.000000135. The van der Waals surface area contributed by atoms with Gasteiger partial charge in [-0.25, -0.2) is 49.4 Å². The van der Waals surface area contributed by atoms with Gasteiger partial charge in [0.05, 0.1) is 80.9 Å². The number of likely N-dealkylation sites (N-methyl/N-ethyl adjacent to an activating group) is 3. The van der Waals surface area contributed by atoms with Gasteiger partial charge in [0, 0.05) is 116 Å². The number of nitrogens with zero attached hydrogens (tertiary/aromatic N) is 16. The number of ether oxygens (including phenoxy) is 5. The molecule has 704 valence electrons. The highest BCUT2D eigenvalue weighted by molar-refractivity contribution is 7.90. The van der Waals surface area contributed by atoms with Crippen molar-refractivity contribution in [2.75, 3.05) is 126 Å². The molecule has 37 nitrogen and oxygen atoms in total. The second-order valence-corrected chi connectivity index (χ2v) is 39.4. The topological polar surface area (TPSA) is 423 Å². The first kappa shape index (κ1) is 94.9. The van der Waals surface area contributed by atoms with Crippen molar-refractivity contribution < 1.29 is 58.5 Å². The van der Waals surface area contributed by atoms with E-state index in [0.29, 0.717) is 195 Å². The predicted molar refractivity (Wildman–Crippen MR) is 500 cm³/mol. The normalized spacial score (nSPS) is 17.6. The summed E-state index contributed by atoms with van der Waals surface area (Å²) in [6, 6.07) is 27.4. The summed E-state index contributed by atoms with van der Waals surface area (Å²) >= 11 is 0. The van der Waals surface area contributed by atoms with Crippen LogP contribution in [-0.2, 0) is 79.4 Å². The Morgan fingerprint density at radius 1 is 0.545 bits per heavy atom. The molecule has 0 radical (unpaired) electrons. The van der Waals surface area contributed by atoms with Gasteiger partial charge < -0.3 is 68.1 Å². The highest BCUT2D eigenvalue weighted by Crippen LogP contribution is 2.46. The van der Waals surface area contributed by atoms with Crippen LogP contribution in [0.25, 0.3) is 72.6 Å². The summed E-state index contributed by atoms with van der Waals surface area (Å²) in [5.41, 5.74) is 8.55. The molecule has 4 fully saturated rings. The minimum Gasteiger partial charge on any atom is -0.493 e. The molecule has 7 aromatic heterocycles. The number of aromatic nitrogens is 13. The molecule has 1 unspecified atom stereocenters. The van der Waals surface area contributed by atoms with E-state index in [1.54, 1.807) is 79.9 Å². The highest BCUT2D eigenvalue weighted by atomic mass is 32.2. The van der Waals surface area contributed by atoms with E-state index in [2.05, 4.69) is 79.7 Å². The van der Waals surface area contributed by atoms with Gasteiger partial charge >= 0.3 is 0 Å². The van der Waals surface area contributed by atoms with Crippen molar-refractivity contribution in [3.05, 3.63) is 168 Å². The minimum absolute atomic E-state index is 0.0220. The number of aromatic amines is 4. The fraction of sp³-hybridized carbons (Fsp3) is 0.467. The van der Waals surface area contributed by atoms with Gasteiger partial charge in [0.1, 0.15) is 51.8 Å². The van der Waals surface area contributed by atoms with Crippen LogP contribution in [0, 0.1) is 6.92 Å². The van der Waals surface area contributed by atoms with Crippen molar-refractivity contribution in [2.24, 2.45) is 14.1 Å². The lowest BCUT2D eigenvalue weighted by molar-refractivity contribution is -0.157. The molecule has 132 heavy (non-hydrogen) atoms. The Kier molecular flexibility index (Phi) is 29.0. The van der Waals surface area contributed by atoms with Gasteiger partial charge in [0.25, 0.3) is 16.7 Å². The number of rotatable bonds is 27. The van der Waals surface area contributed by atoms with Crippen molar-refractivity contribution in [3.63, 3.8) is 0 Å². The molecule has 3 atom stereocenters. The number of carbonyl (C=O) groups excluding carboxylic acids is 2. The van der Waals surface area contributed by atoms with E-state index < -0.39 is 36.1 Å². The Morgan fingerprint density at radius 2 is 1.09 bits per heavy atom. The van der Waals surface area contributed by atoms with Gasteiger partial charge in [-0.05, 0) is 177 Å². The fourth-order valence-electron chi connectivity index (χ4n) is 18.0. The van der Waals surface area contributed by atoms with E-state index in [-0.39, 0.29) is 80.0 Å². The maximum absolute atomic E-state index is 13.4. The van der Waals surface area contributed by atoms with Crippen LogP contribution in [0.15, 0.2) is 126 Å². The number of H-pyrrole nitrogens is 4. The standard InChI is InChI=1S/C25H36N6O4S.C23H32N6O4S.C22H30N6O4S.C22H19N3O4/c1-5-8-20-22-23(31(4)29-20)25(32)28-24(27-22)19-16-18(10-11-21(19)35-15-6-2)36(33,34)26-13-12-17-9-7-14-30(17)3;1-5-8-20-24-16(4)21-23(30)25-22(26-29(20)21)18-15-17(9-10-19(18)33-7-3)34(31,32)28-13-11-27(6-2)12-14-28;1-5-7-17-19-20(27(4)25-17)22(29)24-21(23-19)16-14-15(8-9-18(16)32-6-2)33(30,31)28-12-10-26(3)11-13-28;1-24-10-19(26)25-16(22(24)27)9-14-13-4-2-3-5-15(13)23-20(14)21(25)12-6-7-17-18(8-12)29-11-28-17/h10-11,16-17,26H,5-9,12-15H2,1-4H3,(H,27,28,32);9-10,15H,5-8,11-14H2,1-4H3,(H,25,26,30);8-9,14H,5-7,10-13H2,1-4H3,(H,23,24,29);2-8,16,21,23H,9-11H2,1H3/t;;;16-,21-/m...1/s1. The van der Waals surface area contributed by atoms with Crippen molar-refractivity contribution in [2.45, 2.75) is 159 Å². The molecule has 5 aromatic carbocycles. The van der Waals surface area contributed by atoms with Crippen LogP contribution < -0.4 is 45.1 Å². The van der Waals surface area contributed by atoms with Gasteiger partial charge in [0.15, 0.2) is 33.9 Å². The average molecular weight is 1870 g/mol.